The molecule has 3 heteroatoms. The first kappa shape index (κ1) is 15.3. The summed E-state index contributed by atoms with van der Waals surface area (Å²) in [7, 11) is 0. The Balaban J connectivity index is 1.89. The summed E-state index contributed by atoms with van der Waals surface area (Å²) in [5, 5.41) is 13.3. The van der Waals surface area contributed by atoms with Crippen molar-refractivity contribution in [3.8, 4) is 0 Å². The zero-order valence-corrected chi connectivity index (χ0v) is 12.6. The average molecular weight is 268 g/mol. The molecule has 1 aliphatic heterocycles. The Bertz CT molecular complexity index is 247. The van der Waals surface area contributed by atoms with Gasteiger partial charge in [0, 0.05) is 18.6 Å². The molecule has 1 saturated heterocycles. The highest BCUT2D eigenvalue weighted by Gasteiger charge is 2.30. The first-order valence-corrected chi connectivity index (χ1v) is 8.43. The molecule has 0 amide bonds. The third kappa shape index (κ3) is 4.44. The van der Waals surface area contributed by atoms with Crippen LogP contribution < -0.4 is 5.32 Å². The van der Waals surface area contributed by atoms with Crippen molar-refractivity contribution in [3.63, 3.8) is 0 Å². The highest BCUT2D eigenvalue weighted by molar-refractivity contribution is 4.86. The largest absolute Gasteiger partial charge is 0.395 e. The molecule has 0 bridgehead atoms. The summed E-state index contributed by atoms with van der Waals surface area (Å²) in [5.74, 6) is 0.793. The first-order chi connectivity index (χ1) is 9.35. The second kappa shape index (κ2) is 8.23. The van der Waals surface area contributed by atoms with Gasteiger partial charge in [0.1, 0.15) is 0 Å². The Labute approximate surface area is 118 Å². The third-order valence-electron chi connectivity index (χ3n) is 4.99. The van der Waals surface area contributed by atoms with Crippen molar-refractivity contribution in [3.05, 3.63) is 0 Å². The lowest BCUT2D eigenvalue weighted by molar-refractivity contribution is 0.129. The van der Waals surface area contributed by atoms with E-state index in [1.54, 1.807) is 0 Å². The lowest BCUT2D eigenvalue weighted by Crippen LogP contribution is -2.44. The number of hydrogen-bond donors (Lipinski definition) is 2. The molecule has 3 nitrogen and oxygen atoms in total. The van der Waals surface area contributed by atoms with Gasteiger partial charge >= 0.3 is 0 Å². The monoisotopic (exact) mass is 268 g/mol. The number of aliphatic hydroxyl groups is 1. The predicted octanol–water partition coefficient (Wildman–Crippen LogP) is 2.39. The molecule has 0 radical (unpaired) electrons. The number of nitrogens with zero attached hydrogens (tertiary/aromatic N) is 1. The number of likely N-dealkylation sites (tertiary alicyclic amines) is 1. The van der Waals surface area contributed by atoms with Crippen LogP contribution in [0.5, 0.6) is 0 Å². The van der Waals surface area contributed by atoms with Crippen LogP contribution in [0.2, 0.25) is 0 Å². The van der Waals surface area contributed by atoms with E-state index in [1.165, 1.54) is 64.5 Å². The molecular weight excluding hydrogens is 236 g/mol. The van der Waals surface area contributed by atoms with Crippen LogP contribution in [-0.4, -0.2) is 48.3 Å². The summed E-state index contributed by atoms with van der Waals surface area (Å²) in [6.45, 7) is 6.15. The summed E-state index contributed by atoms with van der Waals surface area (Å²) in [6, 6.07) is 1.15. The lowest BCUT2D eigenvalue weighted by Gasteiger charge is -2.32. The van der Waals surface area contributed by atoms with E-state index in [0.717, 1.165) is 12.5 Å². The van der Waals surface area contributed by atoms with Crippen molar-refractivity contribution in [2.24, 2.45) is 5.92 Å². The topological polar surface area (TPSA) is 35.5 Å². The molecule has 1 saturated carbocycles. The lowest BCUT2D eigenvalue weighted by atomic mass is 9.93. The Morgan fingerprint density at radius 1 is 1.11 bits per heavy atom. The fourth-order valence-electron chi connectivity index (χ4n) is 3.84. The molecule has 2 aliphatic rings. The van der Waals surface area contributed by atoms with Crippen molar-refractivity contribution in [1.29, 1.82) is 0 Å². The van der Waals surface area contributed by atoms with E-state index in [2.05, 4.69) is 17.1 Å². The number of rotatable bonds is 6. The Kier molecular flexibility index (Phi) is 6.62. The summed E-state index contributed by atoms with van der Waals surface area (Å²) < 4.78 is 0. The minimum atomic E-state index is 0.347. The highest BCUT2D eigenvalue weighted by Crippen LogP contribution is 2.27. The molecular formula is C16H32N2O. The molecule has 1 aliphatic carbocycles. The van der Waals surface area contributed by atoms with Crippen molar-refractivity contribution in [2.45, 2.75) is 70.4 Å². The number of nitrogens with one attached hydrogen (secondary N) is 1. The number of aliphatic hydroxyl groups excluding tert-OH is 1. The predicted molar refractivity (Wildman–Crippen MR) is 80.3 cm³/mol. The molecule has 0 aromatic rings. The average Bonchev–Trinajstić information content (AvgIpc) is 2.76. The fourth-order valence-corrected chi connectivity index (χ4v) is 3.84. The van der Waals surface area contributed by atoms with Crippen molar-refractivity contribution in [2.75, 3.05) is 26.2 Å². The van der Waals surface area contributed by atoms with Gasteiger partial charge in [-0.1, -0.05) is 26.2 Å². The molecule has 2 rings (SSSR count). The minimum Gasteiger partial charge on any atom is -0.395 e. The van der Waals surface area contributed by atoms with Gasteiger partial charge in [-0.3, -0.25) is 4.90 Å². The van der Waals surface area contributed by atoms with Gasteiger partial charge in [-0.15, -0.1) is 0 Å². The zero-order chi connectivity index (χ0) is 13.5. The van der Waals surface area contributed by atoms with Crippen LogP contribution in [0.25, 0.3) is 0 Å². The van der Waals surface area contributed by atoms with E-state index in [4.69, 9.17) is 0 Å². The van der Waals surface area contributed by atoms with Crippen LogP contribution in [0.15, 0.2) is 0 Å². The summed E-state index contributed by atoms with van der Waals surface area (Å²) in [4.78, 5) is 2.55. The molecule has 112 valence electrons. The van der Waals surface area contributed by atoms with Gasteiger partial charge in [-0.2, -0.15) is 0 Å². The first-order valence-electron chi connectivity index (χ1n) is 8.43. The van der Waals surface area contributed by atoms with E-state index in [0.29, 0.717) is 18.7 Å². The van der Waals surface area contributed by atoms with Crippen LogP contribution in [0.4, 0.5) is 0 Å². The van der Waals surface area contributed by atoms with E-state index < -0.39 is 0 Å². The maximum absolute atomic E-state index is 9.47. The fraction of sp³-hybridized carbons (Fsp3) is 1.00. The molecule has 2 N–H and O–H groups in total. The smallest absolute Gasteiger partial charge is 0.0586 e. The maximum Gasteiger partial charge on any atom is 0.0586 e. The molecule has 19 heavy (non-hydrogen) atoms. The van der Waals surface area contributed by atoms with Gasteiger partial charge in [0.15, 0.2) is 0 Å². The van der Waals surface area contributed by atoms with Gasteiger partial charge in [-0.25, -0.2) is 0 Å². The van der Waals surface area contributed by atoms with E-state index >= 15 is 0 Å². The van der Waals surface area contributed by atoms with Crippen LogP contribution in [0.3, 0.4) is 0 Å². The zero-order valence-electron chi connectivity index (χ0n) is 12.6. The molecule has 0 aromatic heterocycles. The Morgan fingerprint density at radius 3 is 2.74 bits per heavy atom. The SMILES string of the molecule is CCCNC1CCCCCC1CN1CCCC1CO. The number of hydrogen-bond acceptors (Lipinski definition) is 3. The normalized spacial score (nSPS) is 33.5. The van der Waals surface area contributed by atoms with Crippen LogP contribution in [0, 0.1) is 5.92 Å². The Hall–Kier alpha value is -0.120. The molecule has 3 unspecified atom stereocenters. The van der Waals surface area contributed by atoms with Crippen LogP contribution >= 0.6 is 0 Å². The Morgan fingerprint density at radius 2 is 1.95 bits per heavy atom. The van der Waals surface area contributed by atoms with E-state index in [-0.39, 0.29) is 0 Å². The second-order valence-electron chi connectivity index (χ2n) is 6.43. The summed E-state index contributed by atoms with van der Waals surface area (Å²) >= 11 is 0. The third-order valence-corrected chi connectivity index (χ3v) is 4.99. The maximum atomic E-state index is 9.47. The van der Waals surface area contributed by atoms with Gasteiger partial charge in [0.25, 0.3) is 0 Å². The van der Waals surface area contributed by atoms with Gasteiger partial charge in [-0.05, 0) is 51.1 Å². The summed E-state index contributed by atoms with van der Waals surface area (Å²) in [6.07, 6.45) is 10.6. The standard InChI is InChI=1S/C16H32N2O/c1-2-10-17-16-9-5-3-4-7-14(16)12-18-11-6-8-15(18)13-19/h14-17,19H,2-13H2,1H3. The van der Waals surface area contributed by atoms with E-state index in [1.807, 2.05) is 0 Å². The minimum absolute atomic E-state index is 0.347. The van der Waals surface area contributed by atoms with Gasteiger partial charge < -0.3 is 10.4 Å². The molecule has 0 spiro atoms. The summed E-state index contributed by atoms with van der Waals surface area (Å²) in [5.41, 5.74) is 0. The quantitative estimate of drug-likeness (QED) is 0.726. The molecule has 3 atom stereocenters. The van der Waals surface area contributed by atoms with E-state index in [9.17, 15) is 5.11 Å². The van der Waals surface area contributed by atoms with Crippen molar-refractivity contribution >= 4 is 0 Å². The molecule has 0 aromatic carbocycles. The highest BCUT2D eigenvalue weighted by atomic mass is 16.3. The second-order valence-corrected chi connectivity index (χ2v) is 6.43. The van der Waals surface area contributed by atoms with Gasteiger partial charge in [0.05, 0.1) is 6.61 Å². The van der Waals surface area contributed by atoms with Crippen LogP contribution in [-0.2, 0) is 0 Å². The van der Waals surface area contributed by atoms with Crippen molar-refractivity contribution in [1.82, 2.24) is 10.2 Å². The van der Waals surface area contributed by atoms with Crippen molar-refractivity contribution < 1.29 is 5.11 Å². The molecule has 2 fully saturated rings. The van der Waals surface area contributed by atoms with Gasteiger partial charge in [0.2, 0.25) is 0 Å². The van der Waals surface area contributed by atoms with Crippen LogP contribution in [0.1, 0.15) is 58.3 Å². The molecule has 1 heterocycles.